The summed E-state index contributed by atoms with van der Waals surface area (Å²) >= 11 is 0. The first-order valence-corrected chi connectivity index (χ1v) is 3.51. The summed E-state index contributed by atoms with van der Waals surface area (Å²) < 4.78 is 5.26. The van der Waals surface area contributed by atoms with Crippen LogP contribution in [0.25, 0.3) is 0 Å². The smallest absolute Gasteiger partial charge is 0.110 e. The van der Waals surface area contributed by atoms with Gasteiger partial charge >= 0.3 is 0 Å². The zero-order valence-corrected chi connectivity index (χ0v) is 5.53. The lowest BCUT2D eigenvalue weighted by molar-refractivity contribution is -0.0151. The summed E-state index contributed by atoms with van der Waals surface area (Å²) in [6.45, 7) is 1.30. The van der Waals surface area contributed by atoms with Gasteiger partial charge in [-0.3, -0.25) is 0 Å². The van der Waals surface area contributed by atoms with Crippen molar-refractivity contribution in [2.24, 2.45) is 0 Å². The third-order valence-corrected chi connectivity index (χ3v) is 2.15. The molecule has 58 valence electrons. The number of fused-ring (bicyclic) bond motifs is 2. The second kappa shape index (κ2) is 2.17. The van der Waals surface area contributed by atoms with E-state index in [2.05, 4.69) is 5.32 Å². The number of nitrogens with one attached hydrogen (secondary N) is 1. The van der Waals surface area contributed by atoms with Crippen molar-refractivity contribution in [3.63, 3.8) is 0 Å². The molecule has 0 amide bonds. The van der Waals surface area contributed by atoms with Crippen LogP contribution in [0.5, 0.6) is 0 Å². The summed E-state index contributed by atoms with van der Waals surface area (Å²) in [6.07, 6.45) is -1.79. The van der Waals surface area contributed by atoms with Crippen LogP contribution in [0.1, 0.15) is 0 Å². The summed E-state index contributed by atoms with van der Waals surface area (Å²) in [5.74, 6) is 0. The molecule has 2 aliphatic rings. The third kappa shape index (κ3) is 0.769. The van der Waals surface area contributed by atoms with Crippen molar-refractivity contribution < 1.29 is 14.9 Å². The summed E-state index contributed by atoms with van der Waals surface area (Å²) in [5, 5.41) is 21.6. The highest BCUT2D eigenvalue weighted by atomic mass is 16.5. The zero-order chi connectivity index (χ0) is 7.14. The fourth-order valence-electron chi connectivity index (χ4n) is 1.53. The van der Waals surface area contributed by atoms with Gasteiger partial charge < -0.3 is 20.3 Å². The van der Waals surface area contributed by atoms with E-state index >= 15 is 0 Å². The van der Waals surface area contributed by atoms with E-state index in [0.717, 1.165) is 0 Å². The standard InChI is InChI=1S/C6H11NO3/c8-5-3-1-7-2-4(10-3)6(5)9/h3-9H,1-2H2. The molecule has 4 heteroatoms. The van der Waals surface area contributed by atoms with Gasteiger partial charge in [0.25, 0.3) is 0 Å². The largest absolute Gasteiger partial charge is 0.388 e. The molecule has 0 aromatic carbocycles. The molecule has 2 aliphatic heterocycles. The van der Waals surface area contributed by atoms with Gasteiger partial charge in [-0.05, 0) is 0 Å². The Morgan fingerprint density at radius 1 is 1.10 bits per heavy atom. The van der Waals surface area contributed by atoms with Gasteiger partial charge in [0.05, 0.1) is 12.2 Å². The maximum atomic E-state index is 9.25. The van der Waals surface area contributed by atoms with Gasteiger partial charge in [-0.2, -0.15) is 0 Å². The third-order valence-electron chi connectivity index (χ3n) is 2.15. The predicted octanol–water partition coefficient (Wildman–Crippen LogP) is -1.92. The van der Waals surface area contributed by atoms with E-state index in [1.54, 1.807) is 0 Å². The Balaban J connectivity index is 2.13. The Bertz CT molecular complexity index is 123. The number of hydrogen-bond acceptors (Lipinski definition) is 4. The maximum absolute atomic E-state index is 9.25. The van der Waals surface area contributed by atoms with Gasteiger partial charge in [-0.1, -0.05) is 0 Å². The molecule has 0 radical (unpaired) electrons. The molecule has 0 aromatic rings. The number of aliphatic hydroxyl groups excluding tert-OH is 2. The van der Waals surface area contributed by atoms with Crippen molar-refractivity contribution in [1.29, 1.82) is 0 Å². The quantitative estimate of drug-likeness (QED) is 0.372. The van der Waals surface area contributed by atoms with Gasteiger partial charge in [0.1, 0.15) is 12.2 Å². The number of morpholine rings is 1. The summed E-state index contributed by atoms with van der Waals surface area (Å²) in [7, 11) is 0. The highest BCUT2D eigenvalue weighted by Crippen LogP contribution is 2.22. The van der Waals surface area contributed by atoms with E-state index in [1.165, 1.54) is 0 Å². The zero-order valence-electron chi connectivity index (χ0n) is 5.53. The van der Waals surface area contributed by atoms with Crippen LogP contribution >= 0.6 is 0 Å². The normalized spacial score (nSPS) is 53.4. The van der Waals surface area contributed by atoms with Gasteiger partial charge in [0.2, 0.25) is 0 Å². The number of hydrogen-bond donors (Lipinski definition) is 3. The van der Waals surface area contributed by atoms with Crippen LogP contribution in [0.2, 0.25) is 0 Å². The van der Waals surface area contributed by atoms with Crippen molar-refractivity contribution >= 4 is 0 Å². The minimum atomic E-state index is -0.694. The average Bonchev–Trinajstić information content (AvgIpc) is 2.17. The molecule has 4 atom stereocenters. The molecule has 4 nitrogen and oxygen atoms in total. The molecule has 2 heterocycles. The van der Waals surface area contributed by atoms with Gasteiger partial charge in [-0.25, -0.2) is 0 Å². The molecule has 10 heavy (non-hydrogen) atoms. The first-order valence-electron chi connectivity index (χ1n) is 3.51. The molecule has 4 unspecified atom stereocenters. The van der Waals surface area contributed by atoms with Gasteiger partial charge in [0.15, 0.2) is 0 Å². The van der Waals surface area contributed by atoms with Gasteiger partial charge in [0, 0.05) is 13.1 Å². The highest BCUT2D eigenvalue weighted by Gasteiger charge is 2.44. The van der Waals surface area contributed by atoms with Crippen LogP contribution in [-0.2, 0) is 4.74 Å². The van der Waals surface area contributed by atoms with Crippen LogP contribution in [-0.4, -0.2) is 47.7 Å². The highest BCUT2D eigenvalue weighted by molar-refractivity contribution is 4.95. The minimum Gasteiger partial charge on any atom is -0.388 e. The van der Waals surface area contributed by atoms with Crippen molar-refractivity contribution in [2.45, 2.75) is 24.4 Å². The molecule has 0 spiro atoms. The SMILES string of the molecule is OC1C2CNCC(O2)C1O. The minimum absolute atomic E-state index is 0.200. The van der Waals surface area contributed by atoms with Crippen LogP contribution in [0, 0.1) is 0 Å². The lowest BCUT2D eigenvalue weighted by Gasteiger charge is -2.20. The Kier molecular flexibility index (Phi) is 1.42. The van der Waals surface area contributed by atoms with Crippen molar-refractivity contribution in [3.8, 4) is 0 Å². The molecular weight excluding hydrogens is 134 g/mol. The monoisotopic (exact) mass is 145 g/mol. The van der Waals surface area contributed by atoms with E-state index in [0.29, 0.717) is 13.1 Å². The van der Waals surface area contributed by atoms with E-state index in [1.807, 2.05) is 0 Å². The number of aliphatic hydroxyl groups is 2. The Labute approximate surface area is 58.8 Å². The van der Waals surface area contributed by atoms with Crippen molar-refractivity contribution in [3.05, 3.63) is 0 Å². The molecule has 2 rings (SSSR count). The van der Waals surface area contributed by atoms with E-state index in [4.69, 9.17) is 4.74 Å². The molecule has 0 saturated carbocycles. The van der Waals surface area contributed by atoms with Crippen molar-refractivity contribution in [2.75, 3.05) is 13.1 Å². The van der Waals surface area contributed by atoms with Crippen LogP contribution in [0.3, 0.4) is 0 Å². The summed E-state index contributed by atoms with van der Waals surface area (Å²) in [4.78, 5) is 0. The first kappa shape index (κ1) is 6.54. The lowest BCUT2D eigenvalue weighted by Crippen LogP contribution is -2.40. The fourth-order valence-corrected chi connectivity index (χ4v) is 1.53. The Hall–Kier alpha value is -0.160. The van der Waals surface area contributed by atoms with Crippen LogP contribution in [0.4, 0.5) is 0 Å². The lowest BCUT2D eigenvalue weighted by atomic mass is 10.1. The molecule has 0 aliphatic carbocycles. The molecule has 2 bridgehead atoms. The molecule has 2 fully saturated rings. The second-order valence-corrected chi connectivity index (χ2v) is 2.85. The molecule has 3 N–H and O–H groups in total. The number of rotatable bonds is 0. The Morgan fingerprint density at radius 3 is 2.00 bits per heavy atom. The number of ether oxygens (including phenoxy) is 1. The van der Waals surface area contributed by atoms with Gasteiger partial charge in [-0.15, -0.1) is 0 Å². The molecule has 0 aromatic heterocycles. The topological polar surface area (TPSA) is 61.7 Å². The molecule has 2 saturated heterocycles. The van der Waals surface area contributed by atoms with Crippen molar-refractivity contribution in [1.82, 2.24) is 5.32 Å². The predicted molar refractivity (Wildman–Crippen MR) is 33.5 cm³/mol. The van der Waals surface area contributed by atoms with E-state index in [9.17, 15) is 10.2 Å². The van der Waals surface area contributed by atoms with Crippen LogP contribution in [0.15, 0.2) is 0 Å². The second-order valence-electron chi connectivity index (χ2n) is 2.85. The van der Waals surface area contributed by atoms with Crippen LogP contribution < -0.4 is 5.32 Å². The Morgan fingerprint density at radius 2 is 1.60 bits per heavy atom. The maximum Gasteiger partial charge on any atom is 0.110 e. The average molecular weight is 145 g/mol. The molecular formula is C6H11NO3. The summed E-state index contributed by atoms with van der Waals surface area (Å²) in [5.41, 5.74) is 0. The van der Waals surface area contributed by atoms with E-state index in [-0.39, 0.29) is 12.2 Å². The summed E-state index contributed by atoms with van der Waals surface area (Å²) in [6, 6.07) is 0. The van der Waals surface area contributed by atoms with E-state index < -0.39 is 12.2 Å². The fraction of sp³-hybridized carbons (Fsp3) is 1.00. The first-order chi connectivity index (χ1) is 4.79.